The van der Waals surface area contributed by atoms with Gasteiger partial charge in [-0.05, 0) is 37.8 Å². The van der Waals surface area contributed by atoms with Crippen molar-refractivity contribution in [2.75, 3.05) is 0 Å². The molecule has 2 N–H and O–H groups in total. The fourth-order valence-corrected chi connectivity index (χ4v) is 3.89. The van der Waals surface area contributed by atoms with E-state index >= 15 is 0 Å². The van der Waals surface area contributed by atoms with Crippen molar-refractivity contribution in [1.29, 1.82) is 0 Å². The van der Waals surface area contributed by atoms with Gasteiger partial charge in [-0.1, -0.05) is 25.7 Å². The van der Waals surface area contributed by atoms with Crippen molar-refractivity contribution in [3.05, 3.63) is 34.8 Å². The highest BCUT2D eigenvalue weighted by Gasteiger charge is 2.27. The summed E-state index contributed by atoms with van der Waals surface area (Å²) in [7, 11) is 0. The Kier molecular flexibility index (Phi) is 6.15. The molecule has 0 aromatic carbocycles. The summed E-state index contributed by atoms with van der Waals surface area (Å²) in [6.45, 7) is 0. The average Bonchev–Trinajstić information content (AvgIpc) is 2.68. The third kappa shape index (κ3) is 4.64. The molecule has 2 fully saturated rings. The number of nitrogens with one attached hydrogen (secondary N) is 2. The van der Waals surface area contributed by atoms with Gasteiger partial charge in [0.1, 0.15) is 0 Å². The Morgan fingerprint density at radius 1 is 1.04 bits per heavy atom. The van der Waals surface area contributed by atoms with Crippen LogP contribution in [0.3, 0.4) is 0 Å². The van der Waals surface area contributed by atoms with E-state index in [2.05, 4.69) is 10.3 Å². The third-order valence-corrected chi connectivity index (χ3v) is 5.39. The zero-order chi connectivity index (χ0) is 17.6. The normalized spacial score (nSPS) is 20.8. The van der Waals surface area contributed by atoms with E-state index in [4.69, 9.17) is 0 Å². The number of nitrogens with zero attached hydrogens (tertiary/aromatic N) is 1. The molecule has 136 valence electrons. The Morgan fingerprint density at radius 2 is 1.68 bits per heavy atom. The van der Waals surface area contributed by atoms with Crippen molar-refractivity contribution >= 4 is 11.8 Å². The Hall–Kier alpha value is -1.79. The molecule has 0 aliphatic heterocycles. The van der Waals surface area contributed by atoms with Crippen LogP contribution in [0.25, 0.3) is 0 Å². The molecule has 0 spiro atoms. The highest BCUT2D eigenvalue weighted by Crippen LogP contribution is 2.18. The van der Waals surface area contributed by atoms with E-state index in [0.29, 0.717) is 5.56 Å². The number of carbonyl (C=O) groups is 2. The van der Waals surface area contributed by atoms with Gasteiger partial charge in [-0.2, -0.15) is 0 Å². The molecule has 2 saturated carbocycles. The number of hydroxylamine groups is 2. The molecule has 1 aromatic heterocycles. The average molecular weight is 345 g/mol. The first-order valence-corrected chi connectivity index (χ1v) is 9.50. The highest BCUT2D eigenvalue weighted by atomic mass is 16.5. The predicted octanol–water partition coefficient (Wildman–Crippen LogP) is 2.00. The lowest BCUT2D eigenvalue weighted by Gasteiger charge is -2.31. The summed E-state index contributed by atoms with van der Waals surface area (Å²) < 4.78 is 0. The minimum absolute atomic E-state index is 0.0897. The zero-order valence-electron chi connectivity index (χ0n) is 14.6. The minimum Gasteiger partial charge on any atom is -0.626 e. The number of hydrogen-bond donors (Lipinski definition) is 2. The summed E-state index contributed by atoms with van der Waals surface area (Å²) in [4.78, 5) is 28.9. The second kappa shape index (κ2) is 8.54. The lowest BCUT2D eigenvalue weighted by molar-refractivity contribution is -0.790. The summed E-state index contributed by atoms with van der Waals surface area (Å²) in [5, 5.41) is 15.1. The SMILES string of the molecule is O=C(NC1CCCCC1)c1ccnc(C(=O)[NH+]([O-])C2CCCCC2)c1. The van der Waals surface area contributed by atoms with Crippen LogP contribution in [-0.4, -0.2) is 28.9 Å². The molecule has 1 aromatic rings. The van der Waals surface area contributed by atoms with Crippen LogP contribution in [0.15, 0.2) is 18.3 Å². The van der Waals surface area contributed by atoms with Crippen molar-refractivity contribution in [2.24, 2.45) is 0 Å². The fourth-order valence-electron chi connectivity index (χ4n) is 3.89. The van der Waals surface area contributed by atoms with Crippen molar-refractivity contribution in [3.63, 3.8) is 0 Å². The lowest BCUT2D eigenvalue weighted by atomic mass is 9.95. The molecule has 0 bridgehead atoms. The molecule has 2 aliphatic carbocycles. The second-order valence-corrected chi connectivity index (χ2v) is 7.27. The van der Waals surface area contributed by atoms with Crippen LogP contribution in [0.5, 0.6) is 0 Å². The number of amides is 2. The van der Waals surface area contributed by atoms with Gasteiger partial charge in [-0.15, -0.1) is 0 Å². The predicted molar refractivity (Wildman–Crippen MR) is 94.1 cm³/mol. The number of quaternary nitrogens is 1. The molecule has 25 heavy (non-hydrogen) atoms. The topological polar surface area (TPSA) is 86.6 Å². The zero-order valence-corrected chi connectivity index (χ0v) is 14.6. The smallest absolute Gasteiger partial charge is 0.362 e. The largest absolute Gasteiger partial charge is 0.626 e. The molecule has 1 heterocycles. The van der Waals surface area contributed by atoms with Gasteiger partial charge in [-0.3, -0.25) is 4.79 Å². The number of pyridine rings is 1. The molecule has 0 radical (unpaired) electrons. The van der Waals surface area contributed by atoms with Crippen LogP contribution in [0.4, 0.5) is 0 Å². The van der Waals surface area contributed by atoms with Gasteiger partial charge in [0.15, 0.2) is 5.69 Å². The molecular weight excluding hydrogens is 318 g/mol. The fraction of sp³-hybridized carbons (Fsp3) is 0.632. The van der Waals surface area contributed by atoms with E-state index in [1.807, 2.05) is 0 Å². The molecule has 1 atom stereocenters. The van der Waals surface area contributed by atoms with Crippen LogP contribution >= 0.6 is 0 Å². The molecule has 6 nitrogen and oxygen atoms in total. The summed E-state index contributed by atoms with van der Waals surface area (Å²) in [5.74, 6) is -0.743. The number of hydrogen-bond acceptors (Lipinski definition) is 4. The van der Waals surface area contributed by atoms with Crippen molar-refractivity contribution in [1.82, 2.24) is 10.3 Å². The van der Waals surface area contributed by atoms with Gasteiger partial charge >= 0.3 is 5.91 Å². The van der Waals surface area contributed by atoms with Gasteiger partial charge in [-0.25, -0.2) is 9.78 Å². The lowest BCUT2D eigenvalue weighted by Crippen LogP contribution is -3.14. The van der Waals surface area contributed by atoms with Gasteiger partial charge in [0.25, 0.3) is 5.91 Å². The highest BCUT2D eigenvalue weighted by molar-refractivity contribution is 5.96. The first-order chi connectivity index (χ1) is 12.1. The Bertz CT molecular complexity index is 608. The standard InChI is InChI=1S/C19H27N3O3/c23-18(21-15-7-3-1-4-8-15)14-11-12-20-17(13-14)19(24)22(25)16-9-5-2-6-10-16/h11-13,15-16,22H,1-10H2,(H,21,23). The minimum atomic E-state index is -0.556. The molecule has 6 heteroatoms. The van der Waals surface area contributed by atoms with Gasteiger partial charge < -0.3 is 15.6 Å². The summed E-state index contributed by atoms with van der Waals surface area (Å²) in [5.41, 5.74) is 0.493. The molecule has 3 rings (SSSR count). The van der Waals surface area contributed by atoms with Gasteiger partial charge in [0.05, 0.1) is 6.04 Å². The van der Waals surface area contributed by atoms with E-state index < -0.39 is 5.91 Å². The van der Waals surface area contributed by atoms with Gasteiger partial charge in [0.2, 0.25) is 0 Å². The summed E-state index contributed by atoms with van der Waals surface area (Å²) in [6, 6.07) is 3.08. The van der Waals surface area contributed by atoms with Crippen LogP contribution < -0.4 is 10.4 Å². The summed E-state index contributed by atoms with van der Waals surface area (Å²) in [6.07, 6.45) is 11.7. The first kappa shape index (κ1) is 18.0. The summed E-state index contributed by atoms with van der Waals surface area (Å²) >= 11 is 0. The van der Waals surface area contributed by atoms with E-state index in [9.17, 15) is 14.8 Å². The van der Waals surface area contributed by atoms with Crippen LogP contribution in [0.1, 0.15) is 85.1 Å². The maximum absolute atomic E-state index is 12.5. The van der Waals surface area contributed by atoms with E-state index in [0.717, 1.165) is 57.8 Å². The van der Waals surface area contributed by atoms with Crippen LogP contribution in [0, 0.1) is 5.21 Å². The molecule has 2 amide bonds. The molecule has 1 unspecified atom stereocenters. The number of rotatable bonds is 4. The van der Waals surface area contributed by atoms with E-state index in [1.165, 1.54) is 18.7 Å². The number of aromatic nitrogens is 1. The number of carbonyl (C=O) groups excluding carboxylic acids is 2. The van der Waals surface area contributed by atoms with Gasteiger partial charge in [0, 0.05) is 30.6 Å². The van der Waals surface area contributed by atoms with Crippen LogP contribution in [0.2, 0.25) is 0 Å². The van der Waals surface area contributed by atoms with E-state index in [-0.39, 0.29) is 28.7 Å². The molecule has 0 saturated heterocycles. The van der Waals surface area contributed by atoms with E-state index in [1.54, 1.807) is 6.07 Å². The maximum Gasteiger partial charge on any atom is 0.362 e. The maximum atomic E-state index is 12.5. The Morgan fingerprint density at radius 3 is 2.36 bits per heavy atom. The molecular formula is C19H27N3O3. The molecule has 2 aliphatic rings. The Balaban J connectivity index is 1.65. The first-order valence-electron chi connectivity index (χ1n) is 9.50. The van der Waals surface area contributed by atoms with Crippen LogP contribution in [-0.2, 0) is 0 Å². The van der Waals surface area contributed by atoms with Crippen molar-refractivity contribution in [3.8, 4) is 0 Å². The third-order valence-electron chi connectivity index (χ3n) is 5.39. The monoisotopic (exact) mass is 345 g/mol. The van der Waals surface area contributed by atoms with Crippen molar-refractivity contribution in [2.45, 2.75) is 76.3 Å². The Labute approximate surface area is 148 Å². The van der Waals surface area contributed by atoms with Crippen molar-refractivity contribution < 1.29 is 14.7 Å². The second-order valence-electron chi connectivity index (χ2n) is 7.27. The quantitative estimate of drug-likeness (QED) is 0.817.